The van der Waals surface area contributed by atoms with Crippen molar-refractivity contribution in [1.82, 2.24) is 9.88 Å². The lowest BCUT2D eigenvalue weighted by Crippen LogP contribution is -2.50. The average molecular weight is 328 g/mol. The first-order valence-electron chi connectivity index (χ1n) is 7.45. The first-order valence-corrected chi connectivity index (χ1v) is 7.45. The van der Waals surface area contributed by atoms with E-state index in [9.17, 15) is 14.7 Å². The van der Waals surface area contributed by atoms with Gasteiger partial charge < -0.3 is 14.7 Å². The maximum atomic E-state index is 12.5. The molecule has 1 heterocycles. The maximum absolute atomic E-state index is 12.5. The van der Waals surface area contributed by atoms with Crippen LogP contribution in [0.5, 0.6) is 5.75 Å². The number of ether oxygens (including phenoxy) is 1. The lowest BCUT2D eigenvalue weighted by atomic mass is 10.0. The van der Waals surface area contributed by atoms with Crippen LogP contribution in [0.15, 0.2) is 48.8 Å². The summed E-state index contributed by atoms with van der Waals surface area (Å²) in [6, 6.07) is 10.4. The molecule has 0 unspecified atom stereocenters. The maximum Gasteiger partial charge on any atom is 0.329 e. The molecule has 0 radical (unpaired) electrons. The number of benzene rings is 1. The third kappa shape index (κ3) is 3.90. The molecule has 0 spiro atoms. The standard InChI is InChI=1S/C18H20N2O4/c1-18(2,17(22)23)20(3)16(21)14-7-4-8-15(10-14)24-12-13-6-5-9-19-11-13/h4-11H,12H2,1-3H3,(H,22,23). The van der Waals surface area contributed by atoms with Crippen molar-refractivity contribution in [2.75, 3.05) is 7.05 Å². The fourth-order valence-electron chi connectivity index (χ4n) is 1.96. The van der Waals surface area contributed by atoms with E-state index in [0.717, 1.165) is 5.56 Å². The molecule has 0 fully saturated rings. The highest BCUT2D eigenvalue weighted by Crippen LogP contribution is 2.20. The Morgan fingerprint density at radius 2 is 2.00 bits per heavy atom. The molecule has 6 nitrogen and oxygen atoms in total. The molecule has 1 aromatic heterocycles. The van der Waals surface area contributed by atoms with E-state index in [1.807, 2.05) is 12.1 Å². The molecular weight excluding hydrogens is 308 g/mol. The van der Waals surface area contributed by atoms with Crippen molar-refractivity contribution in [3.8, 4) is 5.75 Å². The van der Waals surface area contributed by atoms with Crippen molar-refractivity contribution in [1.29, 1.82) is 0 Å². The Kier molecular flexibility index (Phi) is 5.18. The van der Waals surface area contributed by atoms with Gasteiger partial charge in [0.05, 0.1) is 0 Å². The quantitative estimate of drug-likeness (QED) is 0.881. The van der Waals surface area contributed by atoms with E-state index < -0.39 is 11.5 Å². The van der Waals surface area contributed by atoms with E-state index in [0.29, 0.717) is 17.9 Å². The minimum atomic E-state index is -1.30. The molecule has 0 aliphatic rings. The van der Waals surface area contributed by atoms with Gasteiger partial charge in [-0.15, -0.1) is 0 Å². The molecule has 0 saturated heterocycles. The summed E-state index contributed by atoms with van der Waals surface area (Å²) in [4.78, 5) is 29.0. The highest BCUT2D eigenvalue weighted by Gasteiger charge is 2.35. The van der Waals surface area contributed by atoms with Crippen molar-refractivity contribution in [3.63, 3.8) is 0 Å². The summed E-state index contributed by atoms with van der Waals surface area (Å²) in [6.45, 7) is 3.30. The van der Waals surface area contributed by atoms with Crippen LogP contribution in [-0.2, 0) is 11.4 Å². The zero-order valence-electron chi connectivity index (χ0n) is 13.9. The first kappa shape index (κ1) is 17.5. The Labute approximate surface area is 140 Å². The van der Waals surface area contributed by atoms with Crippen molar-refractivity contribution >= 4 is 11.9 Å². The van der Waals surface area contributed by atoms with Gasteiger partial charge in [-0.05, 0) is 38.1 Å². The number of carbonyl (C=O) groups is 2. The van der Waals surface area contributed by atoms with Gasteiger partial charge in [0, 0.05) is 30.6 Å². The number of aliphatic carboxylic acids is 1. The van der Waals surface area contributed by atoms with Crippen LogP contribution in [0.25, 0.3) is 0 Å². The Morgan fingerprint density at radius 3 is 2.62 bits per heavy atom. The van der Waals surface area contributed by atoms with Crippen LogP contribution in [0.4, 0.5) is 0 Å². The van der Waals surface area contributed by atoms with E-state index in [4.69, 9.17) is 4.74 Å². The van der Waals surface area contributed by atoms with Crippen molar-refractivity contribution < 1.29 is 19.4 Å². The van der Waals surface area contributed by atoms with Crippen LogP contribution in [0.2, 0.25) is 0 Å². The summed E-state index contributed by atoms with van der Waals surface area (Å²) in [7, 11) is 1.47. The van der Waals surface area contributed by atoms with Gasteiger partial charge in [-0.1, -0.05) is 12.1 Å². The van der Waals surface area contributed by atoms with Gasteiger partial charge in [0.15, 0.2) is 0 Å². The lowest BCUT2D eigenvalue weighted by Gasteiger charge is -2.31. The molecule has 126 valence electrons. The summed E-state index contributed by atoms with van der Waals surface area (Å²) in [5.74, 6) is -0.914. The highest BCUT2D eigenvalue weighted by molar-refractivity contribution is 5.97. The Bertz CT molecular complexity index is 729. The largest absolute Gasteiger partial charge is 0.489 e. The number of carboxylic acids is 1. The average Bonchev–Trinajstić information content (AvgIpc) is 2.59. The van der Waals surface area contributed by atoms with Gasteiger partial charge in [-0.25, -0.2) is 4.79 Å². The van der Waals surface area contributed by atoms with E-state index in [1.165, 1.54) is 25.8 Å². The number of amides is 1. The topological polar surface area (TPSA) is 79.7 Å². The Morgan fingerprint density at radius 1 is 1.25 bits per heavy atom. The van der Waals surface area contributed by atoms with Gasteiger partial charge in [-0.3, -0.25) is 9.78 Å². The molecule has 1 N–H and O–H groups in total. The molecule has 1 amide bonds. The number of carboxylic acid groups (broad SMARTS) is 1. The minimum Gasteiger partial charge on any atom is -0.489 e. The van der Waals surface area contributed by atoms with Gasteiger partial charge in [0.2, 0.25) is 0 Å². The predicted octanol–water partition coefficient (Wildman–Crippen LogP) is 2.60. The molecule has 0 saturated carbocycles. The molecule has 1 aromatic carbocycles. The van der Waals surface area contributed by atoms with E-state index in [2.05, 4.69) is 4.98 Å². The monoisotopic (exact) mass is 328 g/mol. The fraction of sp³-hybridized carbons (Fsp3) is 0.278. The summed E-state index contributed by atoms with van der Waals surface area (Å²) in [5, 5.41) is 9.25. The second kappa shape index (κ2) is 7.12. The molecule has 0 aliphatic carbocycles. The van der Waals surface area contributed by atoms with E-state index in [1.54, 1.807) is 36.7 Å². The van der Waals surface area contributed by atoms with Crippen molar-refractivity contribution in [2.45, 2.75) is 26.0 Å². The van der Waals surface area contributed by atoms with Gasteiger partial charge >= 0.3 is 5.97 Å². The zero-order chi connectivity index (χ0) is 17.7. The van der Waals surface area contributed by atoms with Crippen LogP contribution in [0.1, 0.15) is 29.8 Å². The molecule has 6 heteroatoms. The summed E-state index contributed by atoms with van der Waals surface area (Å²) in [6.07, 6.45) is 3.39. The van der Waals surface area contributed by atoms with Gasteiger partial charge in [0.25, 0.3) is 5.91 Å². The number of rotatable bonds is 6. The van der Waals surface area contributed by atoms with E-state index >= 15 is 0 Å². The third-order valence-electron chi connectivity index (χ3n) is 3.88. The molecule has 24 heavy (non-hydrogen) atoms. The molecule has 0 bridgehead atoms. The van der Waals surface area contributed by atoms with Gasteiger partial charge in [0.1, 0.15) is 17.9 Å². The third-order valence-corrected chi connectivity index (χ3v) is 3.88. The smallest absolute Gasteiger partial charge is 0.329 e. The number of pyridine rings is 1. The molecule has 0 aliphatic heterocycles. The van der Waals surface area contributed by atoms with Crippen LogP contribution in [-0.4, -0.2) is 39.5 Å². The zero-order valence-corrected chi connectivity index (χ0v) is 13.9. The molecule has 2 rings (SSSR count). The van der Waals surface area contributed by atoms with Crippen molar-refractivity contribution in [3.05, 3.63) is 59.9 Å². The summed E-state index contributed by atoms with van der Waals surface area (Å²) < 4.78 is 5.67. The number of carbonyl (C=O) groups excluding carboxylic acids is 1. The number of nitrogens with zero attached hydrogens (tertiary/aromatic N) is 2. The van der Waals surface area contributed by atoms with Crippen LogP contribution < -0.4 is 4.74 Å². The predicted molar refractivity (Wildman–Crippen MR) is 88.8 cm³/mol. The second-order valence-corrected chi connectivity index (χ2v) is 5.91. The van der Waals surface area contributed by atoms with Crippen LogP contribution in [0.3, 0.4) is 0 Å². The summed E-state index contributed by atoms with van der Waals surface area (Å²) in [5.41, 5.74) is -0.0159. The SMILES string of the molecule is CN(C(=O)c1cccc(OCc2cccnc2)c1)C(C)(C)C(=O)O. The van der Waals surface area contributed by atoms with Crippen LogP contribution >= 0.6 is 0 Å². The molecule has 2 aromatic rings. The van der Waals surface area contributed by atoms with Crippen LogP contribution in [0, 0.1) is 0 Å². The number of likely N-dealkylation sites (N-methyl/N-ethyl adjacent to an activating group) is 1. The highest BCUT2D eigenvalue weighted by atomic mass is 16.5. The molecule has 0 atom stereocenters. The Hall–Kier alpha value is -2.89. The van der Waals surface area contributed by atoms with Crippen molar-refractivity contribution in [2.24, 2.45) is 0 Å². The first-order chi connectivity index (χ1) is 11.3. The number of hydrogen-bond acceptors (Lipinski definition) is 4. The normalized spacial score (nSPS) is 11.0. The number of hydrogen-bond donors (Lipinski definition) is 1. The summed E-state index contributed by atoms with van der Waals surface area (Å²) >= 11 is 0. The fourth-order valence-corrected chi connectivity index (χ4v) is 1.96. The van der Waals surface area contributed by atoms with Gasteiger partial charge in [-0.2, -0.15) is 0 Å². The Balaban J connectivity index is 2.12. The second-order valence-electron chi connectivity index (χ2n) is 5.91. The minimum absolute atomic E-state index is 0.335. The van der Waals surface area contributed by atoms with E-state index in [-0.39, 0.29) is 5.91 Å². The molecular formula is C18H20N2O4. The number of aromatic nitrogens is 1. The lowest BCUT2D eigenvalue weighted by molar-refractivity contribution is -0.147.